The fourth-order valence-corrected chi connectivity index (χ4v) is 3.28. The Balaban J connectivity index is 1.73. The standard InChI is InChI=1S/C16H22N4O3/c1-9-11(8-17-10(2)18-9)16(22)19-12-5-6-14(21)20-15(12)13-4-3-7-23-13/h8,12-13,15H,3-7H2,1-2H3,(H,19,22)(H,20,21)/t12-,13?,15-/m0/s1. The first-order valence-corrected chi connectivity index (χ1v) is 8.06. The van der Waals surface area contributed by atoms with Crippen LogP contribution in [0.15, 0.2) is 6.20 Å². The van der Waals surface area contributed by atoms with Crippen molar-refractivity contribution in [2.24, 2.45) is 0 Å². The molecular weight excluding hydrogens is 296 g/mol. The van der Waals surface area contributed by atoms with Crippen molar-refractivity contribution in [3.8, 4) is 0 Å². The Bertz CT molecular complexity index is 613. The minimum atomic E-state index is -0.202. The van der Waals surface area contributed by atoms with E-state index in [4.69, 9.17) is 4.74 Å². The van der Waals surface area contributed by atoms with Gasteiger partial charge < -0.3 is 15.4 Å². The number of ether oxygens (including phenoxy) is 1. The summed E-state index contributed by atoms with van der Waals surface area (Å²) in [6.45, 7) is 4.30. The first kappa shape index (κ1) is 15.9. The largest absolute Gasteiger partial charge is 0.376 e. The third-order valence-electron chi connectivity index (χ3n) is 4.47. The summed E-state index contributed by atoms with van der Waals surface area (Å²) in [6.07, 6.45) is 4.45. The maximum Gasteiger partial charge on any atom is 0.254 e. The lowest BCUT2D eigenvalue weighted by molar-refractivity contribution is -0.125. The van der Waals surface area contributed by atoms with Gasteiger partial charge in [0.1, 0.15) is 5.82 Å². The zero-order chi connectivity index (χ0) is 16.4. The van der Waals surface area contributed by atoms with Gasteiger partial charge in [-0.1, -0.05) is 0 Å². The fraction of sp³-hybridized carbons (Fsp3) is 0.625. The van der Waals surface area contributed by atoms with Crippen LogP contribution in [0.2, 0.25) is 0 Å². The van der Waals surface area contributed by atoms with Crippen molar-refractivity contribution < 1.29 is 14.3 Å². The van der Waals surface area contributed by atoms with Gasteiger partial charge in [-0.05, 0) is 33.1 Å². The number of rotatable bonds is 3. The molecule has 7 nitrogen and oxygen atoms in total. The topological polar surface area (TPSA) is 93.2 Å². The van der Waals surface area contributed by atoms with Crippen molar-refractivity contribution in [3.05, 3.63) is 23.3 Å². The van der Waals surface area contributed by atoms with Gasteiger partial charge in [0, 0.05) is 19.2 Å². The summed E-state index contributed by atoms with van der Waals surface area (Å²) < 4.78 is 5.71. The van der Waals surface area contributed by atoms with Crippen molar-refractivity contribution in [1.82, 2.24) is 20.6 Å². The smallest absolute Gasteiger partial charge is 0.254 e. The zero-order valence-electron chi connectivity index (χ0n) is 13.5. The third-order valence-corrected chi connectivity index (χ3v) is 4.47. The molecule has 2 amide bonds. The summed E-state index contributed by atoms with van der Waals surface area (Å²) in [5.74, 6) is 0.457. The first-order chi connectivity index (χ1) is 11.0. The van der Waals surface area contributed by atoms with Crippen LogP contribution in [0.25, 0.3) is 0 Å². The molecule has 7 heteroatoms. The van der Waals surface area contributed by atoms with E-state index in [-0.39, 0.29) is 30.0 Å². The van der Waals surface area contributed by atoms with E-state index in [0.717, 1.165) is 12.8 Å². The molecule has 0 bridgehead atoms. The molecule has 3 rings (SSSR count). The van der Waals surface area contributed by atoms with E-state index in [2.05, 4.69) is 20.6 Å². The van der Waals surface area contributed by atoms with Crippen LogP contribution in [0.1, 0.15) is 47.6 Å². The molecule has 23 heavy (non-hydrogen) atoms. The fourth-order valence-electron chi connectivity index (χ4n) is 3.28. The third kappa shape index (κ3) is 3.50. The van der Waals surface area contributed by atoms with Gasteiger partial charge in [-0.15, -0.1) is 0 Å². The van der Waals surface area contributed by atoms with Gasteiger partial charge in [0.05, 0.1) is 29.4 Å². The molecule has 0 spiro atoms. The molecule has 0 radical (unpaired) electrons. The number of carbonyl (C=O) groups is 2. The van der Waals surface area contributed by atoms with Gasteiger partial charge >= 0.3 is 0 Å². The van der Waals surface area contributed by atoms with Gasteiger partial charge in [-0.2, -0.15) is 0 Å². The molecule has 1 aromatic heterocycles. The van der Waals surface area contributed by atoms with Crippen LogP contribution >= 0.6 is 0 Å². The first-order valence-electron chi connectivity index (χ1n) is 8.06. The van der Waals surface area contributed by atoms with Crippen molar-refractivity contribution in [2.45, 2.75) is 57.7 Å². The van der Waals surface area contributed by atoms with Crippen LogP contribution in [0.3, 0.4) is 0 Å². The predicted octanol–water partition coefficient (Wildman–Crippen LogP) is 0.649. The summed E-state index contributed by atoms with van der Waals surface area (Å²) in [5, 5.41) is 6.01. The molecule has 2 aliphatic heterocycles. The van der Waals surface area contributed by atoms with Crippen LogP contribution in [-0.4, -0.2) is 46.6 Å². The zero-order valence-corrected chi connectivity index (χ0v) is 13.5. The highest BCUT2D eigenvalue weighted by atomic mass is 16.5. The van der Waals surface area contributed by atoms with Crippen LogP contribution in [-0.2, 0) is 9.53 Å². The average molecular weight is 318 g/mol. The maximum atomic E-state index is 12.5. The molecule has 3 atom stereocenters. The minimum Gasteiger partial charge on any atom is -0.376 e. The van der Waals surface area contributed by atoms with E-state index in [1.165, 1.54) is 0 Å². The number of carbonyl (C=O) groups excluding carboxylic acids is 2. The van der Waals surface area contributed by atoms with E-state index < -0.39 is 0 Å². The van der Waals surface area contributed by atoms with E-state index in [1.54, 1.807) is 20.0 Å². The molecule has 0 aromatic carbocycles. The van der Waals surface area contributed by atoms with Crippen LogP contribution in [0.4, 0.5) is 0 Å². The maximum absolute atomic E-state index is 12.5. The van der Waals surface area contributed by atoms with Crippen molar-refractivity contribution >= 4 is 11.8 Å². The minimum absolute atomic E-state index is 0.0193. The summed E-state index contributed by atoms with van der Waals surface area (Å²) in [7, 11) is 0. The van der Waals surface area contributed by atoms with Crippen LogP contribution < -0.4 is 10.6 Å². The van der Waals surface area contributed by atoms with Crippen molar-refractivity contribution in [3.63, 3.8) is 0 Å². The Labute approximate surface area is 135 Å². The second-order valence-electron chi connectivity index (χ2n) is 6.18. The Kier molecular flexibility index (Phi) is 4.56. The number of aromatic nitrogens is 2. The summed E-state index contributed by atoms with van der Waals surface area (Å²) in [6, 6.07) is -0.307. The lowest BCUT2D eigenvalue weighted by Crippen LogP contribution is -2.60. The number of hydrogen-bond donors (Lipinski definition) is 2. The normalized spacial score (nSPS) is 27.6. The highest BCUT2D eigenvalue weighted by Crippen LogP contribution is 2.23. The molecule has 3 heterocycles. The molecule has 2 aliphatic rings. The molecule has 124 valence electrons. The van der Waals surface area contributed by atoms with E-state index in [1.807, 2.05) is 0 Å². The number of hydrogen-bond acceptors (Lipinski definition) is 5. The van der Waals surface area contributed by atoms with Gasteiger partial charge in [-0.25, -0.2) is 9.97 Å². The van der Waals surface area contributed by atoms with Crippen molar-refractivity contribution in [1.29, 1.82) is 0 Å². The summed E-state index contributed by atoms with van der Waals surface area (Å²) >= 11 is 0. The molecule has 1 unspecified atom stereocenters. The molecule has 1 aromatic rings. The second kappa shape index (κ2) is 6.62. The number of aryl methyl sites for hydroxylation is 2. The Morgan fingerprint density at radius 2 is 2.22 bits per heavy atom. The van der Waals surface area contributed by atoms with Gasteiger partial charge in [0.15, 0.2) is 0 Å². The lowest BCUT2D eigenvalue weighted by Gasteiger charge is -2.36. The molecule has 0 saturated carbocycles. The molecule has 2 N–H and O–H groups in total. The van der Waals surface area contributed by atoms with E-state index in [9.17, 15) is 9.59 Å². The number of nitrogens with one attached hydrogen (secondary N) is 2. The number of amides is 2. The lowest BCUT2D eigenvalue weighted by atomic mass is 9.92. The van der Waals surface area contributed by atoms with Gasteiger partial charge in [0.25, 0.3) is 5.91 Å². The van der Waals surface area contributed by atoms with Crippen molar-refractivity contribution in [2.75, 3.05) is 6.61 Å². The van der Waals surface area contributed by atoms with Gasteiger partial charge in [-0.3, -0.25) is 9.59 Å². The SMILES string of the molecule is Cc1ncc(C(=O)N[C@H]2CCC(=O)N[C@@H]2C2CCCO2)c(C)n1. The Morgan fingerprint density at radius 3 is 2.91 bits per heavy atom. The monoisotopic (exact) mass is 318 g/mol. The molecule has 0 aliphatic carbocycles. The highest BCUT2D eigenvalue weighted by Gasteiger charge is 2.37. The molecule has 2 saturated heterocycles. The predicted molar refractivity (Wildman–Crippen MR) is 82.9 cm³/mol. The van der Waals surface area contributed by atoms with E-state index >= 15 is 0 Å². The summed E-state index contributed by atoms with van der Waals surface area (Å²) in [5.41, 5.74) is 1.13. The van der Waals surface area contributed by atoms with E-state index in [0.29, 0.717) is 36.5 Å². The molecular formula is C16H22N4O3. The summed E-state index contributed by atoms with van der Waals surface area (Å²) in [4.78, 5) is 32.6. The second-order valence-corrected chi connectivity index (χ2v) is 6.18. The van der Waals surface area contributed by atoms with Gasteiger partial charge in [0.2, 0.25) is 5.91 Å². The van der Waals surface area contributed by atoms with Crippen LogP contribution in [0.5, 0.6) is 0 Å². The molecule has 2 fully saturated rings. The number of piperidine rings is 1. The van der Waals surface area contributed by atoms with Crippen LogP contribution in [0, 0.1) is 13.8 Å². The Morgan fingerprint density at radius 1 is 1.39 bits per heavy atom. The highest BCUT2D eigenvalue weighted by molar-refractivity contribution is 5.95. The number of nitrogens with zero attached hydrogens (tertiary/aromatic N) is 2. The Hall–Kier alpha value is -2.02. The quantitative estimate of drug-likeness (QED) is 0.853. The average Bonchev–Trinajstić information content (AvgIpc) is 3.03.